The Kier molecular flexibility index (Phi) is 6.15. The van der Waals surface area contributed by atoms with Crippen molar-refractivity contribution < 1.29 is 13.9 Å². The van der Waals surface area contributed by atoms with E-state index in [0.717, 1.165) is 31.4 Å². The molecule has 2 aromatic carbocycles. The molecule has 1 aromatic heterocycles. The SMILES string of the molecule is COc1cc2ccc(=O)oc2cc1OCCCN1CCC(c2ccccc2)CC1. The van der Waals surface area contributed by atoms with Crippen LogP contribution < -0.4 is 15.1 Å². The smallest absolute Gasteiger partial charge is 0.336 e. The van der Waals surface area contributed by atoms with Gasteiger partial charge in [-0.15, -0.1) is 0 Å². The Balaban J connectivity index is 1.27. The maximum atomic E-state index is 11.5. The molecule has 3 aromatic rings. The van der Waals surface area contributed by atoms with Crippen LogP contribution in [0.15, 0.2) is 63.8 Å². The number of hydrogen-bond acceptors (Lipinski definition) is 5. The average molecular weight is 393 g/mol. The topological polar surface area (TPSA) is 51.9 Å². The molecular weight excluding hydrogens is 366 g/mol. The summed E-state index contributed by atoms with van der Waals surface area (Å²) in [5.74, 6) is 1.94. The van der Waals surface area contributed by atoms with Gasteiger partial charge in [0, 0.05) is 24.1 Å². The molecule has 5 heteroatoms. The van der Waals surface area contributed by atoms with Crippen LogP contribution in [0.1, 0.15) is 30.7 Å². The molecule has 1 aliphatic rings. The van der Waals surface area contributed by atoms with Crippen LogP contribution in [0.4, 0.5) is 0 Å². The third kappa shape index (κ3) is 4.80. The zero-order valence-electron chi connectivity index (χ0n) is 16.8. The summed E-state index contributed by atoms with van der Waals surface area (Å²) in [6.45, 7) is 3.87. The summed E-state index contributed by atoms with van der Waals surface area (Å²) in [5, 5.41) is 0.815. The summed E-state index contributed by atoms with van der Waals surface area (Å²) in [5.41, 5.74) is 1.61. The van der Waals surface area contributed by atoms with Gasteiger partial charge in [-0.2, -0.15) is 0 Å². The summed E-state index contributed by atoms with van der Waals surface area (Å²) in [6.07, 6.45) is 3.36. The average Bonchev–Trinajstić information content (AvgIpc) is 2.77. The van der Waals surface area contributed by atoms with Crippen molar-refractivity contribution in [3.63, 3.8) is 0 Å². The van der Waals surface area contributed by atoms with Gasteiger partial charge in [-0.05, 0) is 56.0 Å². The van der Waals surface area contributed by atoms with E-state index in [0.29, 0.717) is 29.6 Å². The molecule has 4 rings (SSSR count). The molecule has 0 bridgehead atoms. The number of rotatable bonds is 7. The Morgan fingerprint density at radius 2 is 1.83 bits per heavy atom. The molecule has 1 fully saturated rings. The minimum Gasteiger partial charge on any atom is -0.493 e. The van der Waals surface area contributed by atoms with Crippen LogP contribution in [0.5, 0.6) is 11.5 Å². The number of ether oxygens (including phenoxy) is 2. The van der Waals surface area contributed by atoms with Crippen molar-refractivity contribution >= 4 is 11.0 Å². The van der Waals surface area contributed by atoms with Gasteiger partial charge in [-0.3, -0.25) is 0 Å². The second-order valence-electron chi connectivity index (χ2n) is 7.52. The Morgan fingerprint density at radius 3 is 2.59 bits per heavy atom. The summed E-state index contributed by atoms with van der Waals surface area (Å²) < 4.78 is 16.6. The van der Waals surface area contributed by atoms with Crippen molar-refractivity contribution in [1.29, 1.82) is 0 Å². The van der Waals surface area contributed by atoms with Gasteiger partial charge >= 0.3 is 5.63 Å². The van der Waals surface area contributed by atoms with E-state index >= 15 is 0 Å². The largest absolute Gasteiger partial charge is 0.493 e. The summed E-state index contributed by atoms with van der Waals surface area (Å²) >= 11 is 0. The van der Waals surface area contributed by atoms with Crippen LogP contribution in [-0.4, -0.2) is 38.3 Å². The Hall–Kier alpha value is -2.79. The van der Waals surface area contributed by atoms with E-state index in [4.69, 9.17) is 13.9 Å². The molecule has 0 amide bonds. The highest BCUT2D eigenvalue weighted by molar-refractivity contribution is 5.80. The first-order chi connectivity index (χ1) is 14.2. The van der Waals surface area contributed by atoms with Crippen LogP contribution in [0.25, 0.3) is 11.0 Å². The van der Waals surface area contributed by atoms with Crippen molar-refractivity contribution in [2.45, 2.75) is 25.2 Å². The first kappa shape index (κ1) is 19.5. The van der Waals surface area contributed by atoms with Gasteiger partial charge in [0.1, 0.15) is 5.58 Å². The second kappa shape index (κ2) is 9.14. The number of nitrogens with zero attached hydrogens (tertiary/aromatic N) is 1. The van der Waals surface area contributed by atoms with Crippen molar-refractivity contribution in [2.24, 2.45) is 0 Å². The van der Waals surface area contributed by atoms with E-state index in [-0.39, 0.29) is 5.63 Å². The van der Waals surface area contributed by atoms with E-state index in [1.807, 2.05) is 6.07 Å². The first-order valence-corrected chi connectivity index (χ1v) is 10.2. The van der Waals surface area contributed by atoms with Crippen molar-refractivity contribution in [2.75, 3.05) is 33.4 Å². The van der Waals surface area contributed by atoms with E-state index in [9.17, 15) is 4.79 Å². The number of fused-ring (bicyclic) bond motifs is 1. The van der Waals surface area contributed by atoms with Crippen molar-refractivity contribution in [3.05, 3.63) is 70.6 Å². The fraction of sp³-hybridized carbons (Fsp3) is 0.375. The van der Waals surface area contributed by atoms with Gasteiger partial charge in [-0.25, -0.2) is 4.79 Å². The zero-order chi connectivity index (χ0) is 20.1. The monoisotopic (exact) mass is 393 g/mol. The van der Waals surface area contributed by atoms with E-state index in [1.54, 1.807) is 19.2 Å². The van der Waals surface area contributed by atoms with Crippen LogP contribution in [0.2, 0.25) is 0 Å². The lowest BCUT2D eigenvalue weighted by Gasteiger charge is -2.32. The molecule has 0 N–H and O–H groups in total. The lowest BCUT2D eigenvalue weighted by atomic mass is 9.89. The molecule has 29 heavy (non-hydrogen) atoms. The van der Waals surface area contributed by atoms with Gasteiger partial charge in [0.2, 0.25) is 0 Å². The van der Waals surface area contributed by atoms with Gasteiger partial charge < -0.3 is 18.8 Å². The third-order valence-electron chi connectivity index (χ3n) is 5.64. The van der Waals surface area contributed by atoms with Crippen LogP contribution in [0.3, 0.4) is 0 Å². The number of benzene rings is 2. The summed E-state index contributed by atoms with van der Waals surface area (Å²) in [4.78, 5) is 14.0. The summed E-state index contributed by atoms with van der Waals surface area (Å²) in [6, 6.07) is 17.5. The molecule has 0 saturated carbocycles. The maximum Gasteiger partial charge on any atom is 0.336 e. The normalized spacial score (nSPS) is 15.5. The second-order valence-corrected chi connectivity index (χ2v) is 7.52. The predicted molar refractivity (Wildman–Crippen MR) is 114 cm³/mol. The zero-order valence-corrected chi connectivity index (χ0v) is 16.8. The van der Waals surface area contributed by atoms with Crippen LogP contribution in [0, 0.1) is 0 Å². The summed E-state index contributed by atoms with van der Waals surface area (Å²) in [7, 11) is 1.62. The highest BCUT2D eigenvalue weighted by Crippen LogP contribution is 2.32. The number of hydrogen-bond donors (Lipinski definition) is 0. The number of methoxy groups -OCH3 is 1. The van der Waals surface area contributed by atoms with Gasteiger partial charge in [0.05, 0.1) is 13.7 Å². The van der Waals surface area contributed by atoms with Gasteiger partial charge in [0.15, 0.2) is 11.5 Å². The molecule has 2 heterocycles. The van der Waals surface area contributed by atoms with Crippen molar-refractivity contribution in [3.8, 4) is 11.5 Å². The molecule has 1 saturated heterocycles. The highest BCUT2D eigenvalue weighted by Gasteiger charge is 2.20. The lowest BCUT2D eigenvalue weighted by molar-refractivity contribution is 0.191. The first-order valence-electron chi connectivity index (χ1n) is 10.2. The Labute approximate surface area is 170 Å². The fourth-order valence-corrected chi connectivity index (χ4v) is 4.03. The van der Waals surface area contributed by atoms with Gasteiger partial charge in [0.25, 0.3) is 0 Å². The highest BCUT2D eigenvalue weighted by atomic mass is 16.5. The molecule has 0 unspecified atom stereocenters. The van der Waals surface area contributed by atoms with Crippen LogP contribution >= 0.6 is 0 Å². The number of piperidine rings is 1. The molecule has 0 spiro atoms. The molecule has 5 nitrogen and oxygen atoms in total. The standard InChI is InChI=1S/C24H27NO4/c1-27-22-16-20-8-9-24(26)29-21(20)17-23(22)28-15-5-12-25-13-10-19(11-14-25)18-6-3-2-4-7-18/h2-4,6-9,16-17,19H,5,10-15H2,1H3. The van der Waals surface area contributed by atoms with Crippen molar-refractivity contribution in [1.82, 2.24) is 4.90 Å². The quantitative estimate of drug-likeness (QED) is 0.438. The van der Waals surface area contributed by atoms with E-state index in [1.165, 1.54) is 24.5 Å². The van der Waals surface area contributed by atoms with E-state index < -0.39 is 0 Å². The minimum atomic E-state index is -0.368. The third-order valence-corrected chi connectivity index (χ3v) is 5.64. The molecule has 152 valence electrons. The van der Waals surface area contributed by atoms with Gasteiger partial charge in [-0.1, -0.05) is 30.3 Å². The molecule has 1 aliphatic heterocycles. The minimum absolute atomic E-state index is 0.368. The fourth-order valence-electron chi connectivity index (χ4n) is 4.03. The molecular formula is C24H27NO4. The van der Waals surface area contributed by atoms with Crippen LogP contribution in [-0.2, 0) is 0 Å². The molecule has 0 atom stereocenters. The Morgan fingerprint density at radius 1 is 1.03 bits per heavy atom. The predicted octanol–water partition coefficient (Wildman–Crippen LogP) is 4.45. The molecule has 0 radical (unpaired) electrons. The Bertz CT molecular complexity index is 991. The maximum absolute atomic E-state index is 11.5. The lowest BCUT2D eigenvalue weighted by Crippen LogP contribution is -2.34. The molecule has 0 aliphatic carbocycles. The van der Waals surface area contributed by atoms with E-state index in [2.05, 4.69) is 35.2 Å². The number of likely N-dealkylation sites (tertiary alicyclic amines) is 1.